The maximum atomic E-state index is 12.3. The Morgan fingerprint density at radius 1 is 1.06 bits per heavy atom. The summed E-state index contributed by atoms with van der Waals surface area (Å²) in [6.07, 6.45) is 9.22. The number of hydrogen-bond donors (Lipinski definition) is 2. The first kappa shape index (κ1) is 12.9. The van der Waals surface area contributed by atoms with Crippen molar-refractivity contribution < 1.29 is 4.79 Å². The van der Waals surface area contributed by atoms with Gasteiger partial charge in [-0.3, -0.25) is 4.79 Å². The second-order valence-corrected chi connectivity index (χ2v) is 5.93. The van der Waals surface area contributed by atoms with Crippen molar-refractivity contribution in [3.05, 3.63) is 0 Å². The lowest BCUT2D eigenvalue weighted by Gasteiger charge is -2.24. The van der Waals surface area contributed by atoms with Crippen LogP contribution in [0.25, 0.3) is 0 Å². The number of hydrogen-bond acceptors (Lipinski definition) is 2. The predicted molar refractivity (Wildman–Crippen MR) is 69.5 cm³/mol. The van der Waals surface area contributed by atoms with Crippen molar-refractivity contribution in [3.63, 3.8) is 0 Å². The third kappa shape index (κ3) is 3.21. The molecule has 3 N–H and O–H groups in total. The van der Waals surface area contributed by atoms with E-state index in [0.717, 1.165) is 25.7 Å². The summed E-state index contributed by atoms with van der Waals surface area (Å²) in [5, 5.41) is 3.24. The van der Waals surface area contributed by atoms with Crippen LogP contribution < -0.4 is 11.1 Å². The molecule has 0 radical (unpaired) electrons. The van der Waals surface area contributed by atoms with Crippen LogP contribution in [0.3, 0.4) is 0 Å². The molecule has 0 aromatic rings. The summed E-state index contributed by atoms with van der Waals surface area (Å²) in [4.78, 5) is 12.3. The molecule has 3 heteroatoms. The van der Waals surface area contributed by atoms with E-state index in [2.05, 4.69) is 12.2 Å². The molecular weight excluding hydrogens is 212 g/mol. The molecule has 98 valence electrons. The van der Waals surface area contributed by atoms with E-state index in [4.69, 9.17) is 5.73 Å². The van der Waals surface area contributed by atoms with Crippen LogP contribution in [-0.2, 0) is 4.79 Å². The van der Waals surface area contributed by atoms with Crippen molar-refractivity contribution in [2.75, 3.05) is 0 Å². The summed E-state index contributed by atoms with van der Waals surface area (Å²) in [7, 11) is 0. The minimum Gasteiger partial charge on any atom is -0.353 e. The molecule has 2 saturated carbocycles. The van der Waals surface area contributed by atoms with Gasteiger partial charge < -0.3 is 11.1 Å². The number of rotatable bonds is 2. The van der Waals surface area contributed by atoms with Gasteiger partial charge >= 0.3 is 0 Å². The summed E-state index contributed by atoms with van der Waals surface area (Å²) in [5.74, 6) is 0.921. The molecule has 0 spiro atoms. The third-order valence-corrected chi connectivity index (χ3v) is 4.60. The number of nitrogens with two attached hydrogens (primary N) is 1. The average molecular weight is 238 g/mol. The molecule has 0 heterocycles. The second kappa shape index (κ2) is 5.85. The molecule has 2 aliphatic rings. The Balaban J connectivity index is 1.89. The van der Waals surface area contributed by atoms with Gasteiger partial charge in [-0.15, -0.1) is 0 Å². The molecule has 2 rings (SSSR count). The minimum absolute atomic E-state index is 0.0605. The minimum atomic E-state index is 0.0605. The average Bonchev–Trinajstić information content (AvgIpc) is 2.57. The van der Waals surface area contributed by atoms with Gasteiger partial charge in [0.2, 0.25) is 5.91 Å². The summed E-state index contributed by atoms with van der Waals surface area (Å²) in [6.45, 7) is 2.24. The van der Waals surface area contributed by atoms with Crippen molar-refractivity contribution >= 4 is 5.91 Å². The largest absolute Gasteiger partial charge is 0.353 e. The maximum Gasteiger partial charge on any atom is 0.224 e. The van der Waals surface area contributed by atoms with Crippen LogP contribution in [0.4, 0.5) is 0 Å². The van der Waals surface area contributed by atoms with Crippen molar-refractivity contribution in [3.8, 4) is 0 Å². The molecule has 0 saturated heterocycles. The first-order chi connectivity index (χ1) is 8.18. The zero-order valence-electron chi connectivity index (χ0n) is 11.0. The molecule has 0 aromatic heterocycles. The van der Waals surface area contributed by atoms with Crippen LogP contribution >= 0.6 is 0 Å². The van der Waals surface area contributed by atoms with Crippen LogP contribution in [0.5, 0.6) is 0 Å². The SMILES string of the molecule is CC1CCCC1NC(=O)C1CCCCCC1N. The standard InChI is InChI=1S/C14H26N2O/c1-10-6-5-9-13(10)16-14(17)11-7-3-2-4-8-12(11)15/h10-13H,2-9,15H2,1H3,(H,16,17). The molecule has 4 atom stereocenters. The number of amides is 1. The van der Waals surface area contributed by atoms with Crippen molar-refractivity contribution in [1.82, 2.24) is 5.32 Å². The molecule has 3 nitrogen and oxygen atoms in total. The lowest BCUT2D eigenvalue weighted by Crippen LogP contribution is -2.45. The lowest BCUT2D eigenvalue weighted by atomic mass is 9.93. The fourth-order valence-electron chi connectivity index (χ4n) is 3.31. The molecule has 0 aromatic carbocycles. The molecule has 4 unspecified atom stereocenters. The highest BCUT2D eigenvalue weighted by Crippen LogP contribution is 2.27. The summed E-state index contributed by atoms with van der Waals surface area (Å²) in [6, 6.07) is 0.479. The van der Waals surface area contributed by atoms with E-state index in [9.17, 15) is 4.79 Å². The first-order valence-corrected chi connectivity index (χ1v) is 7.24. The Hall–Kier alpha value is -0.570. The maximum absolute atomic E-state index is 12.3. The first-order valence-electron chi connectivity index (χ1n) is 7.24. The van der Waals surface area contributed by atoms with E-state index >= 15 is 0 Å². The van der Waals surface area contributed by atoms with E-state index in [1.54, 1.807) is 0 Å². The van der Waals surface area contributed by atoms with Crippen LogP contribution in [0.2, 0.25) is 0 Å². The summed E-state index contributed by atoms with van der Waals surface area (Å²) >= 11 is 0. The van der Waals surface area contributed by atoms with Gasteiger partial charge in [-0.05, 0) is 31.6 Å². The molecule has 2 aliphatic carbocycles. The quantitative estimate of drug-likeness (QED) is 0.725. The van der Waals surface area contributed by atoms with Gasteiger partial charge in [-0.25, -0.2) is 0 Å². The molecule has 0 aliphatic heterocycles. The Labute approximate surface area is 105 Å². The van der Waals surface area contributed by atoms with Gasteiger partial charge in [-0.2, -0.15) is 0 Å². The fourth-order valence-corrected chi connectivity index (χ4v) is 3.31. The highest BCUT2D eigenvalue weighted by Gasteiger charge is 2.31. The van der Waals surface area contributed by atoms with E-state index < -0.39 is 0 Å². The van der Waals surface area contributed by atoms with Crippen LogP contribution in [0.15, 0.2) is 0 Å². The summed E-state index contributed by atoms with van der Waals surface area (Å²) in [5.41, 5.74) is 6.13. The molecule has 1 amide bonds. The fraction of sp³-hybridized carbons (Fsp3) is 0.929. The second-order valence-electron chi connectivity index (χ2n) is 5.93. The van der Waals surface area contributed by atoms with Crippen LogP contribution in [-0.4, -0.2) is 18.0 Å². The topological polar surface area (TPSA) is 55.1 Å². The highest BCUT2D eigenvalue weighted by atomic mass is 16.2. The van der Waals surface area contributed by atoms with Gasteiger partial charge in [0.05, 0.1) is 5.92 Å². The van der Waals surface area contributed by atoms with Crippen LogP contribution in [0.1, 0.15) is 58.3 Å². The van der Waals surface area contributed by atoms with Gasteiger partial charge in [0.15, 0.2) is 0 Å². The third-order valence-electron chi connectivity index (χ3n) is 4.60. The number of nitrogens with one attached hydrogen (secondary N) is 1. The van der Waals surface area contributed by atoms with Crippen molar-refractivity contribution in [1.29, 1.82) is 0 Å². The summed E-state index contributed by atoms with van der Waals surface area (Å²) < 4.78 is 0. The van der Waals surface area contributed by atoms with Gasteiger partial charge in [0.25, 0.3) is 0 Å². The lowest BCUT2D eigenvalue weighted by molar-refractivity contribution is -0.126. The van der Waals surface area contributed by atoms with E-state index in [-0.39, 0.29) is 17.9 Å². The smallest absolute Gasteiger partial charge is 0.224 e. The zero-order valence-corrected chi connectivity index (χ0v) is 11.0. The van der Waals surface area contributed by atoms with Crippen molar-refractivity contribution in [2.45, 2.75) is 70.4 Å². The van der Waals surface area contributed by atoms with Crippen LogP contribution in [0, 0.1) is 11.8 Å². The Morgan fingerprint density at radius 3 is 2.53 bits per heavy atom. The molecule has 2 fully saturated rings. The number of carbonyl (C=O) groups is 1. The van der Waals surface area contributed by atoms with Gasteiger partial charge in [0, 0.05) is 12.1 Å². The highest BCUT2D eigenvalue weighted by molar-refractivity contribution is 5.79. The van der Waals surface area contributed by atoms with E-state index in [0.29, 0.717) is 12.0 Å². The molecular formula is C14H26N2O. The van der Waals surface area contributed by atoms with Gasteiger partial charge in [0.1, 0.15) is 0 Å². The molecule has 17 heavy (non-hydrogen) atoms. The monoisotopic (exact) mass is 238 g/mol. The number of carbonyl (C=O) groups excluding carboxylic acids is 1. The van der Waals surface area contributed by atoms with E-state index in [1.165, 1.54) is 25.7 Å². The van der Waals surface area contributed by atoms with Crippen molar-refractivity contribution in [2.24, 2.45) is 17.6 Å². The zero-order chi connectivity index (χ0) is 12.3. The Bertz CT molecular complexity index is 267. The van der Waals surface area contributed by atoms with Gasteiger partial charge in [-0.1, -0.05) is 32.6 Å². The Morgan fingerprint density at radius 2 is 1.82 bits per heavy atom. The normalized spacial score (nSPS) is 38.7. The predicted octanol–water partition coefficient (Wildman–Crippen LogP) is 2.20. The molecule has 0 bridgehead atoms. The Kier molecular flexibility index (Phi) is 4.43. The van der Waals surface area contributed by atoms with E-state index in [1.807, 2.05) is 0 Å².